The van der Waals surface area contributed by atoms with Gasteiger partial charge in [0.05, 0.1) is 0 Å². The van der Waals surface area contributed by atoms with Crippen LogP contribution in [0.4, 0.5) is 5.69 Å². The van der Waals surface area contributed by atoms with Crippen molar-refractivity contribution >= 4 is 23.0 Å². The van der Waals surface area contributed by atoms with Crippen LogP contribution >= 0.6 is 12.2 Å². The summed E-state index contributed by atoms with van der Waals surface area (Å²) in [5, 5.41) is 7.90. The molecule has 0 amide bonds. The van der Waals surface area contributed by atoms with Crippen LogP contribution in [0.2, 0.25) is 0 Å². The number of nitrogens with one attached hydrogen (secondary N) is 2. The zero-order valence-electron chi connectivity index (χ0n) is 14.8. The Morgan fingerprint density at radius 3 is 2.21 bits per heavy atom. The number of unbranched alkanes of at least 4 members (excludes halogenated alkanes) is 1. The highest BCUT2D eigenvalue weighted by molar-refractivity contribution is 7.80. The molecule has 4 saturated carbocycles. The van der Waals surface area contributed by atoms with Crippen molar-refractivity contribution in [2.24, 2.45) is 23.7 Å². The second-order valence-corrected chi connectivity index (χ2v) is 8.76. The van der Waals surface area contributed by atoms with Crippen LogP contribution < -0.4 is 10.6 Å². The first kappa shape index (κ1) is 16.4. The van der Waals surface area contributed by atoms with Gasteiger partial charge in [0.1, 0.15) is 0 Å². The second kappa shape index (κ2) is 7.03. The normalized spacial score (nSPS) is 33.5. The van der Waals surface area contributed by atoms with Crippen molar-refractivity contribution in [2.75, 3.05) is 5.32 Å². The van der Waals surface area contributed by atoms with Gasteiger partial charge < -0.3 is 10.6 Å². The van der Waals surface area contributed by atoms with Gasteiger partial charge in [-0.1, -0.05) is 25.5 Å². The van der Waals surface area contributed by atoms with Crippen molar-refractivity contribution in [3.8, 4) is 0 Å². The smallest absolute Gasteiger partial charge is 0.171 e. The van der Waals surface area contributed by atoms with Crippen LogP contribution in [0.5, 0.6) is 0 Å². The van der Waals surface area contributed by atoms with Crippen molar-refractivity contribution in [1.82, 2.24) is 5.32 Å². The standard InChI is InChI=1S/C21H30N2S/c1-2-3-4-14-5-7-19(8-6-14)22-21(24)23-20-17-10-15-9-16(12-17)13-18(20)11-15/h5-8,15-18,20H,2-4,9-13H2,1H3,(H2,22,23,24). The fourth-order valence-electron chi connectivity index (χ4n) is 5.62. The highest BCUT2D eigenvalue weighted by Gasteiger charge is 2.48. The molecule has 3 heteroatoms. The van der Waals surface area contributed by atoms with Crippen LogP contribution in [-0.4, -0.2) is 11.2 Å². The predicted octanol–water partition coefficient (Wildman–Crippen LogP) is 5.14. The van der Waals surface area contributed by atoms with Gasteiger partial charge in [-0.3, -0.25) is 0 Å². The van der Waals surface area contributed by atoms with Gasteiger partial charge >= 0.3 is 0 Å². The van der Waals surface area contributed by atoms with E-state index in [1.165, 1.54) is 56.9 Å². The van der Waals surface area contributed by atoms with Gasteiger partial charge in [-0.15, -0.1) is 0 Å². The Morgan fingerprint density at radius 2 is 1.62 bits per heavy atom. The average molecular weight is 343 g/mol. The van der Waals surface area contributed by atoms with E-state index in [1.807, 2.05) is 0 Å². The molecule has 4 aliphatic rings. The number of thiocarbonyl (C=S) groups is 1. The van der Waals surface area contributed by atoms with E-state index in [2.05, 4.69) is 41.8 Å². The van der Waals surface area contributed by atoms with Gasteiger partial charge in [0.25, 0.3) is 0 Å². The summed E-state index contributed by atoms with van der Waals surface area (Å²) < 4.78 is 0. The Bertz CT molecular complexity index is 552. The molecule has 24 heavy (non-hydrogen) atoms. The van der Waals surface area contributed by atoms with Crippen molar-refractivity contribution < 1.29 is 0 Å². The lowest BCUT2D eigenvalue weighted by Crippen LogP contribution is -2.56. The van der Waals surface area contributed by atoms with Crippen molar-refractivity contribution in [3.05, 3.63) is 29.8 Å². The molecule has 5 rings (SSSR count). The third-order valence-electron chi connectivity index (χ3n) is 6.56. The van der Waals surface area contributed by atoms with E-state index < -0.39 is 0 Å². The second-order valence-electron chi connectivity index (χ2n) is 8.36. The maximum atomic E-state index is 5.62. The number of anilines is 1. The summed E-state index contributed by atoms with van der Waals surface area (Å²) in [5.74, 6) is 3.75. The largest absolute Gasteiger partial charge is 0.359 e. The molecule has 0 spiro atoms. The lowest BCUT2D eigenvalue weighted by atomic mass is 9.54. The highest BCUT2D eigenvalue weighted by atomic mass is 32.1. The molecular formula is C21H30N2S. The first-order valence-corrected chi connectivity index (χ1v) is 10.3. The molecule has 0 atom stereocenters. The molecule has 0 aromatic heterocycles. The van der Waals surface area contributed by atoms with Crippen molar-refractivity contribution in [3.63, 3.8) is 0 Å². The fourth-order valence-corrected chi connectivity index (χ4v) is 5.87. The summed E-state index contributed by atoms with van der Waals surface area (Å²) in [7, 11) is 0. The zero-order valence-corrected chi connectivity index (χ0v) is 15.6. The summed E-state index contributed by atoms with van der Waals surface area (Å²) in [6, 6.07) is 9.39. The summed E-state index contributed by atoms with van der Waals surface area (Å²) >= 11 is 5.62. The third-order valence-corrected chi connectivity index (χ3v) is 6.78. The van der Waals surface area contributed by atoms with E-state index in [0.29, 0.717) is 6.04 Å². The molecule has 4 aliphatic carbocycles. The topological polar surface area (TPSA) is 24.1 Å². The number of benzene rings is 1. The number of aryl methyl sites for hydroxylation is 1. The monoisotopic (exact) mass is 342 g/mol. The maximum Gasteiger partial charge on any atom is 0.171 e. The van der Waals surface area contributed by atoms with Gasteiger partial charge in [0.2, 0.25) is 0 Å². The minimum atomic E-state index is 0.613. The Morgan fingerprint density at radius 1 is 1.00 bits per heavy atom. The summed E-state index contributed by atoms with van der Waals surface area (Å²) in [4.78, 5) is 0. The van der Waals surface area contributed by atoms with E-state index >= 15 is 0 Å². The fraction of sp³-hybridized carbons (Fsp3) is 0.667. The van der Waals surface area contributed by atoms with Crippen molar-refractivity contribution in [2.45, 2.75) is 64.3 Å². The van der Waals surface area contributed by atoms with Crippen LogP contribution in [0.3, 0.4) is 0 Å². The molecule has 0 unspecified atom stereocenters. The van der Waals surface area contributed by atoms with E-state index in [9.17, 15) is 0 Å². The van der Waals surface area contributed by atoms with Crippen LogP contribution in [0.1, 0.15) is 57.4 Å². The number of hydrogen-bond donors (Lipinski definition) is 2. The average Bonchev–Trinajstić information content (AvgIpc) is 2.57. The van der Waals surface area contributed by atoms with Gasteiger partial charge in [0, 0.05) is 11.7 Å². The molecule has 0 saturated heterocycles. The summed E-state index contributed by atoms with van der Waals surface area (Å²) in [5.41, 5.74) is 2.53. The van der Waals surface area contributed by atoms with Gasteiger partial charge in [0.15, 0.2) is 5.11 Å². The number of hydrogen-bond acceptors (Lipinski definition) is 1. The quantitative estimate of drug-likeness (QED) is 0.725. The van der Waals surface area contributed by atoms with E-state index in [4.69, 9.17) is 12.2 Å². The van der Waals surface area contributed by atoms with Crippen LogP contribution in [-0.2, 0) is 6.42 Å². The highest BCUT2D eigenvalue weighted by Crippen LogP contribution is 2.53. The molecule has 2 nitrogen and oxygen atoms in total. The van der Waals surface area contributed by atoms with Crippen LogP contribution in [0.15, 0.2) is 24.3 Å². The third kappa shape index (κ3) is 3.46. The Hall–Kier alpha value is -1.09. The Kier molecular flexibility index (Phi) is 4.80. The molecule has 4 fully saturated rings. The maximum absolute atomic E-state index is 5.62. The molecule has 1 aromatic carbocycles. The van der Waals surface area contributed by atoms with E-state index in [1.54, 1.807) is 0 Å². The van der Waals surface area contributed by atoms with Crippen LogP contribution in [0, 0.1) is 23.7 Å². The molecule has 1 aromatic rings. The molecule has 4 bridgehead atoms. The first-order chi connectivity index (χ1) is 11.7. The minimum absolute atomic E-state index is 0.613. The SMILES string of the molecule is CCCCc1ccc(NC(=S)NC2C3CC4CC(C3)CC2C4)cc1. The zero-order chi connectivity index (χ0) is 16.5. The lowest BCUT2D eigenvalue weighted by molar-refractivity contribution is -0.00665. The molecule has 130 valence electrons. The summed E-state index contributed by atoms with van der Waals surface area (Å²) in [6.45, 7) is 2.24. The lowest BCUT2D eigenvalue weighted by Gasteiger charge is -2.54. The predicted molar refractivity (Wildman–Crippen MR) is 105 cm³/mol. The van der Waals surface area contributed by atoms with E-state index in [0.717, 1.165) is 34.5 Å². The Balaban J connectivity index is 1.32. The van der Waals surface area contributed by atoms with Gasteiger partial charge in [-0.25, -0.2) is 0 Å². The number of rotatable bonds is 5. The summed E-state index contributed by atoms with van der Waals surface area (Å²) in [6.07, 6.45) is 10.9. The van der Waals surface area contributed by atoms with E-state index in [-0.39, 0.29) is 0 Å². The first-order valence-electron chi connectivity index (χ1n) is 9.87. The Labute approximate surface area is 151 Å². The van der Waals surface area contributed by atoms with Gasteiger partial charge in [-0.2, -0.15) is 0 Å². The molecular weight excluding hydrogens is 312 g/mol. The molecule has 0 radical (unpaired) electrons. The van der Waals surface area contributed by atoms with Gasteiger partial charge in [-0.05, 0) is 98.5 Å². The molecule has 0 heterocycles. The minimum Gasteiger partial charge on any atom is -0.359 e. The van der Waals surface area contributed by atoms with Crippen molar-refractivity contribution in [1.29, 1.82) is 0 Å². The molecule has 2 N–H and O–H groups in total. The van der Waals surface area contributed by atoms with Crippen LogP contribution in [0.25, 0.3) is 0 Å². The molecule has 0 aliphatic heterocycles.